The zero-order valence-electron chi connectivity index (χ0n) is 14.5. The molecule has 0 fully saturated rings. The molecule has 1 aromatic carbocycles. The highest BCUT2D eigenvalue weighted by Gasteiger charge is 2.35. The number of carbonyl (C=O) groups excluding carboxylic acids is 2. The zero-order chi connectivity index (χ0) is 18.1. The van der Waals surface area contributed by atoms with Crippen molar-refractivity contribution in [3.05, 3.63) is 59.3 Å². The SMILES string of the molecule is CC(NC(=O)c1ccoc1)C(=O)N1C(C)Cc2cc(F)ccc2C1C. The minimum Gasteiger partial charge on any atom is -0.472 e. The molecule has 2 aromatic rings. The lowest BCUT2D eigenvalue weighted by Gasteiger charge is -2.41. The first-order valence-electron chi connectivity index (χ1n) is 8.32. The zero-order valence-corrected chi connectivity index (χ0v) is 14.5. The lowest BCUT2D eigenvalue weighted by atomic mass is 9.89. The van der Waals surface area contributed by atoms with Crippen molar-refractivity contribution < 1.29 is 18.4 Å². The summed E-state index contributed by atoms with van der Waals surface area (Å²) < 4.78 is 18.4. The summed E-state index contributed by atoms with van der Waals surface area (Å²) in [5.41, 5.74) is 2.25. The maximum atomic E-state index is 13.5. The molecule has 1 aliphatic heterocycles. The molecule has 0 saturated carbocycles. The Balaban J connectivity index is 1.77. The van der Waals surface area contributed by atoms with Gasteiger partial charge in [-0.25, -0.2) is 4.39 Å². The van der Waals surface area contributed by atoms with Crippen LogP contribution in [0.4, 0.5) is 4.39 Å². The van der Waals surface area contributed by atoms with Crippen LogP contribution in [0.5, 0.6) is 0 Å². The Hall–Kier alpha value is -2.63. The number of halogens is 1. The van der Waals surface area contributed by atoms with Gasteiger partial charge in [0.1, 0.15) is 18.1 Å². The normalized spacial score (nSPS) is 20.7. The number of hydrogen-bond donors (Lipinski definition) is 1. The third-order valence-electron chi connectivity index (χ3n) is 4.72. The molecule has 6 heteroatoms. The third-order valence-corrected chi connectivity index (χ3v) is 4.72. The molecule has 25 heavy (non-hydrogen) atoms. The van der Waals surface area contributed by atoms with Gasteiger partial charge >= 0.3 is 0 Å². The molecule has 5 nitrogen and oxygen atoms in total. The Morgan fingerprint density at radius 1 is 1.32 bits per heavy atom. The first kappa shape index (κ1) is 17.2. The molecule has 0 spiro atoms. The topological polar surface area (TPSA) is 62.6 Å². The van der Waals surface area contributed by atoms with Gasteiger partial charge in [0.05, 0.1) is 17.9 Å². The van der Waals surface area contributed by atoms with E-state index in [1.165, 1.54) is 24.7 Å². The summed E-state index contributed by atoms with van der Waals surface area (Å²) in [7, 11) is 0. The number of nitrogens with one attached hydrogen (secondary N) is 1. The highest BCUT2D eigenvalue weighted by atomic mass is 19.1. The van der Waals surface area contributed by atoms with E-state index in [4.69, 9.17) is 4.42 Å². The van der Waals surface area contributed by atoms with Gasteiger partial charge in [0.2, 0.25) is 5.91 Å². The van der Waals surface area contributed by atoms with Gasteiger partial charge in [-0.15, -0.1) is 0 Å². The van der Waals surface area contributed by atoms with Gasteiger partial charge < -0.3 is 14.6 Å². The number of rotatable bonds is 3. The van der Waals surface area contributed by atoms with Crippen LogP contribution in [0.3, 0.4) is 0 Å². The van der Waals surface area contributed by atoms with Crippen LogP contribution in [0.1, 0.15) is 48.3 Å². The quantitative estimate of drug-likeness (QED) is 0.931. The minimum atomic E-state index is -0.672. The fourth-order valence-electron chi connectivity index (χ4n) is 3.47. The molecule has 1 aliphatic rings. The average Bonchev–Trinajstić information content (AvgIpc) is 3.08. The van der Waals surface area contributed by atoms with E-state index in [2.05, 4.69) is 5.32 Å². The van der Waals surface area contributed by atoms with Crippen LogP contribution >= 0.6 is 0 Å². The van der Waals surface area contributed by atoms with Gasteiger partial charge in [0.25, 0.3) is 5.91 Å². The van der Waals surface area contributed by atoms with Gasteiger partial charge in [-0.2, -0.15) is 0 Å². The molecule has 0 bridgehead atoms. The van der Waals surface area contributed by atoms with Crippen LogP contribution in [0.25, 0.3) is 0 Å². The molecule has 2 heterocycles. The first-order valence-corrected chi connectivity index (χ1v) is 8.32. The van der Waals surface area contributed by atoms with Crippen molar-refractivity contribution in [1.29, 1.82) is 0 Å². The Morgan fingerprint density at radius 2 is 2.08 bits per heavy atom. The van der Waals surface area contributed by atoms with Crippen molar-refractivity contribution >= 4 is 11.8 Å². The maximum Gasteiger partial charge on any atom is 0.255 e. The molecule has 3 atom stereocenters. The molecule has 1 N–H and O–H groups in total. The summed E-state index contributed by atoms with van der Waals surface area (Å²) in [4.78, 5) is 26.8. The van der Waals surface area contributed by atoms with Crippen LogP contribution in [0, 0.1) is 5.82 Å². The average molecular weight is 344 g/mol. The third kappa shape index (κ3) is 3.29. The second-order valence-electron chi connectivity index (χ2n) is 6.52. The van der Waals surface area contributed by atoms with E-state index < -0.39 is 6.04 Å². The lowest BCUT2D eigenvalue weighted by molar-refractivity contribution is -0.138. The minimum absolute atomic E-state index is 0.0786. The van der Waals surface area contributed by atoms with Gasteiger partial charge in [0, 0.05) is 6.04 Å². The standard InChI is InChI=1S/C19H21FN2O3/c1-11-8-15-9-16(20)4-5-17(15)13(3)22(11)19(24)12(2)21-18(23)14-6-7-25-10-14/h4-7,9-13H,8H2,1-3H3,(H,21,23). The Kier molecular flexibility index (Phi) is 4.61. The number of hydrogen-bond acceptors (Lipinski definition) is 3. The van der Waals surface area contributed by atoms with Gasteiger partial charge in [0.15, 0.2) is 0 Å². The molecule has 0 aliphatic carbocycles. The Bertz CT molecular complexity index is 788. The second-order valence-corrected chi connectivity index (χ2v) is 6.52. The van der Waals surface area contributed by atoms with Crippen LogP contribution in [0.2, 0.25) is 0 Å². The summed E-state index contributed by atoms with van der Waals surface area (Å²) in [5.74, 6) is -0.778. The number of carbonyl (C=O) groups is 2. The van der Waals surface area contributed by atoms with E-state index in [0.717, 1.165) is 11.1 Å². The van der Waals surface area contributed by atoms with Crippen LogP contribution in [-0.2, 0) is 11.2 Å². The summed E-state index contributed by atoms with van der Waals surface area (Å²) in [6, 6.07) is 5.30. The van der Waals surface area contributed by atoms with E-state index in [1.54, 1.807) is 24.0 Å². The van der Waals surface area contributed by atoms with Crippen molar-refractivity contribution in [1.82, 2.24) is 10.2 Å². The van der Waals surface area contributed by atoms with Crippen molar-refractivity contribution in [3.63, 3.8) is 0 Å². The molecule has 0 radical (unpaired) electrons. The number of fused-ring (bicyclic) bond motifs is 1. The van der Waals surface area contributed by atoms with Crippen LogP contribution in [-0.4, -0.2) is 28.8 Å². The van der Waals surface area contributed by atoms with E-state index >= 15 is 0 Å². The van der Waals surface area contributed by atoms with Gasteiger partial charge in [-0.3, -0.25) is 9.59 Å². The summed E-state index contributed by atoms with van der Waals surface area (Å²) in [6.45, 7) is 5.53. The molecule has 2 amide bonds. The molecule has 1 aromatic heterocycles. The molecular formula is C19H21FN2O3. The molecule has 0 saturated heterocycles. The van der Waals surface area contributed by atoms with Crippen molar-refractivity contribution in [2.45, 2.75) is 45.3 Å². The summed E-state index contributed by atoms with van der Waals surface area (Å²) in [6.07, 6.45) is 3.33. The van der Waals surface area contributed by atoms with E-state index in [-0.39, 0.29) is 29.7 Å². The molecule has 132 valence electrons. The van der Waals surface area contributed by atoms with Crippen molar-refractivity contribution in [2.75, 3.05) is 0 Å². The van der Waals surface area contributed by atoms with Crippen LogP contribution in [0.15, 0.2) is 41.2 Å². The highest BCUT2D eigenvalue weighted by Crippen LogP contribution is 2.33. The summed E-state index contributed by atoms with van der Waals surface area (Å²) >= 11 is 0. The number of nitrogens with zero attached hydrogens (tertiary/aromatic N) is 1. The number of amides is 2. The van der Waals surface area contributed by atoms with Gasteiger partial charge in [-0.1, -0.05) is 6.07 Å². The smallest absolute Gasteiger partial charge is 0.255 e. The Labute approximate surface area is 145 Å². The Morgan fingerprint density at radius 3 is 2.76 bits per heavy atom. The first-order chi connectivity index (χ1) is 11.9. The molecule has 3 rings (SSSR count). The fourth-order valence-corrected chi connectivity index (χ4v) is 3.47. The monoisotopic (exact) mass is 344 g/mol. The molecule has 3 unspecified atom stereocenters. The number of furan rings is 1. The lowest BCUT2D eigenvalue weighted by Crippen LogP contribution is -2.52. The van der Waals surface area contributed by atoms with E-state index in [0.29, 0.717) is 12.0 Å². The predicted octanol–water partition coefficient (Wildman–Crippen LogP) is 3.07. The van der Waals surface area contributed by atoms with Crippen LogP contribution < -0.4 is 5.32 Å². The highest BCUT2D eigenvalue weighted by molar-refractivity contribution is 5.97. The second kappa shape index (κ2) is 6.70. The predicted molar refractivity (Wildman–Crippen MR) is 90.5 cm³/mol. The summed E-state index contributed by atoms with van der Waals surface area (Å²) in [5, 5.41) is 2.70. The molecular weight excluding hydrogens is 323 g/mol. The largest absolute Gasteiger partial charge is 0.472 e. The maximum absolute atomic E-state index is 13.5. The fraction of sp³-hybridized carbons (Fsp3) is 0.368. The van der Waals surface area contributed by atoms with Crippen molar-refractivity contribution in [3.8, 4) is 0 Å². The van der Waals surface area contributed by atoms with E-state index in [1.807, 2.05) is 13.8 Å². The number of benzene rings is 1. The van der Waals surface area contributed by atoms with E-state index in [9.17, 15) is 14.0 Å². The van der Waals surface area contributed by atoms with Crippen molar-refractivity contribution in [2.24, 2.45) is 0 Å². The van der Waals surface area contributed by atoms with Gasteiger partial charge in [-0.05, 0) is 56.5 Å².